The third-order valence-corrected chi connectivity index (χ3v) is 3.31. The van der Waals surface area contributed by atoms with Gasteiger partial charge in [0.05, 0.1) is 18.1 Å². The van der Waals surface area contributed by atoms with Crippen molar-refractivity contribution < 1.29 is 9.53 Å². The van der Waals surface area contributed by atoms with Crippen LogP contribution >= 0.6 is 0 Å². The minimum absolute atomic E-state index is 0.130. The molecule has 2 aliphatic rings. The summed E-state index contributed by atoms with van der Waals surface area (Å²) >= 11 is 0. The minimum atomic E-state index is -0.130. The van der Waals surface area contributed by atoms with Crippen LogP contribution in [0.15, 0.2) is 0 Å². The van der Waals surface area contributed by atoms with Crippen LogP contribution in [0.3, 0.4) is 0 Å². The SMILES string of the molecule is CC1(NC(=O)[C@@H]2CCCNC2)CCOC1. The monoisotopic (exact) mass is 212 g/mol. The van der Waals surface area contributed by atoms with E-state index in [2.05, 4.69) is 17.6 Å². The van der Waals surface area contributed by atoms with E-state index in [1.807, 2.05) is 0 Å². The number of hydrogen-bond acceptors (Lipinski definition) is 3. The smallest absolute Gasteiger partial charge is 0.224 e. The third-order valence-electron chi connectivity index (χ3n) is 3.31. The Bertz CT molecular complexity index is 231. The zero-order valence-electron chi connectivity index (χ0n) is 9.34. The van der Waals surface area contributed by atoms with E-state index in [0.717, 1.165) is 39.0 Å². The molecule has 0 aromatic rings. The topological polar surface area (TPSA) is 50.4 Å². The van der Waals surface area contributed by atoms with Gasteiger partial charge in [0.25, 0.3) is 0 Å². The largest absolute Gasteiger partial charge is 0.379 e. The molecule has 2 saturated heterocycles. The Morgan fingerprint density at radius 1 is 1.60 bits per heavy atom. The summed E-state index contributed by atoms with van der Waals surface area (Å²) < 4.78 is 5.32. The molecule has 15 heavy (non-hydrogen) atoms. The Labute approximate surface area is 90.8 Å². The number of carbonyl (C=O) groups excluding carboxylic acids is 1. The van der Waals surface area contributed by atoms with Gasteiger partial charge in [-0.25, -0.2) is 0 Å². The predicted octanol–water partition coefficient (Wildman–Crippen LogP) is 0.281. The van der Waals surface area contributed by atoms with E-state index >= 15 is 0 Å². The van der Waals surface area contributed by atoms with Crippen molar-refractivity contribution in [2.24, 2.45) is 5.92 Å². The molecule has 2 fully saturated rings. The van der Waals surface area contributed by atoms with E-state index in [9.17, 15) is 4.79 Å². The lowest BCUT2D eigenvalue weighted by Crippen LogP contribution is -2.51. The van der Waals surface area contributed by atoms with Gasteiger partial charge in [-0.15, -0.1) is 0 Å². The first-order valence-electron chi connectivity index (χ1n) is 5.80. The van der Waals surface area contributed by atoms with Gasteiger partial charge in [0, 0.05) is 13.2 Å². The van der Waals surface area contributed by atoms with Gasteiger partial charge in [0.2, 0.25) is 5.91 Å². The van der Waals surface area contributed by atoms with Gasteiger partial charge in [0.1, 0.15) is 0 Å². The normalized spacial score (nSPS) is 36.5. The van der Waals surface area contributed by atoms with Crippen LogP contribution in [0.5, 0.6) is 0 Å². The molecule has 2 heterocycles. The molecule has 2 aliphatic heterocycles. The van der Waals surface area contributed by atoms with Crippen LogP contribution in [0.4, 0.5) is 0 Å². The number of nitrogens with one attached hydrogen (secondary N) is 2. The van der Waals surface area contributed by atoms with E-state index in [-0.39, 0.29) is 17.4 Å². The van der Waals surface area contributed by atoms with Gasteiger partial charge in [-0.1, -0.05) is 0 Å². The molecule has 2 rings (SSSR count). The van der Waals surface area contributed by atoms with E-state index in [4.69, 9.17) is 4.74 Å². The molecule has 0 aromatic heterocycles. The fourth-order valence-electron chi connectivity index (χ4n) is 2.24. The van der Waals surface area contributed by atoms with Crippen molar-refractivity contribution in [1.82, 2.24) is 10.6 Å². The first-order chi connectivity index (χ1) is 7.20. The van der Waals surface area contributed by atoms with Crippen LogP contribution in [0.1, 0.15) is 26.2 Å². The highest BCUT2D eigenvalue weighted by Crippen LogP contribution is 2.19. The van der Waals surface area contributed by atoms with Gasteiger partial charge in [-0.3, -0.25) is 4.79 Å². The molecule has 0 bridgehead atoms. The minimum Gasteiger partial charge on any atom is -0.379 e. The quantitative estimate of drug-likeness (QED) is 0.691. The summed E-state index contributed by atoms with van der Waals surface area (Å²) in [6.45, 7) is 5.35. The molecule has 0 aliphatic carbocycles. The molecule has 86 valence electrons. The molecule has 4 heteroatoms. The second-order valence-corrected chi connectivity index (χ2v) is 4.90. The first-order valence-corrected chi connectivity index (χ1v) is 5.80. The lowest BCUT2D eigenvalue weighted by molar-refractivity contribution is -0.127. The van der Waals surface area contributed by atoms with E-state index < -0.39 is 0 Å². The third kappa shape index (κ3) is 2.69. The van der Waals surface area contributed by atoms with Crippen molar-refractivity contribution in [2.45, 2.75) is 31.7 Å². The van der Waals surface area contributed by atoms with Crippen molar-refractivity contribution in [3.63, 3.8) is 0 Å². The summed E-state index contributed by atoms with van der Waals surface area (Å²) in [4.78, 5) is 12.0. The summed E-state index contributed by atoms with van der Waals surface area (Å²) in [5, 5.41) is 6.38. The standard InChI is InChI=1S/C11H20N2O2/c1-11(4-6-15-8-11)13-10(14)9-3-2-5-12-7-9/h9,12H,2-8H2,1H3,(H,13,14)/t9-,11?/m1/s1. The Hall–Kier alpha value is -0.610. The molecule has 1 unspecified atom stereocenters. The van der Waals surface area contributed by atoms with E-state index in [1.165, 1.54) is 0 Å². The highest BCUT2D eigenvalue weighted by molar-refractivity contribution is 5.79. The summed E-state index contributed by atoms with van der Waals surface area (Å²) in [5.74, 6) is 0.339. The van der Waals surface area contributed by atoms with Crippen LogP contribution in [0.25, 0.3) is 0 Å². The first kappa shape index (κ1) is 10.9. The molecule has 0 saturated carbocycles. The molecular weight excluding hydrogens is 192 g/mol. The molecule has 0 radical (unpaired) electrons. The van der Waals surface area contributed by atoms with Crippen molar-refractivity contribution in [3.05, 3.63) is 0 Å². The maximum Gasteiger partial charge on any atom is 0.224 e. The lowest BCUT2D eigenvalue weighted by Gasteiger charge is -2.28. The Morgan fingerprint density at radius 2 is 2.47 bits per heavy atom. The van der Waals surface area contributed by atoms with E-state index in [0.29, 0.717) is 6.61 Å². The number of piperidine rings is 1. The van der Waals surface area contributed by atoms with Crippen molar-refractivity contribution in [1.29, 1.82) is 0 Å². The van der Waals surface area contributed by atoms with Crippen LogP contribution in [-0.2, 0) is 9.53 Å². The fraction of sp³-hybridized carbons (Fsp3) is 0.909. The highest BCUT2D eigenvalue weighted by atomic mass is 16.5. The number of hydrogen-bond donors (Lipinski definition) is 2. The lowest BCUT2D eigenvalue weighted by atomic mass is 9.95. The number of carbonyl (C=O) groups is 1. The predicted molar refractivity (Wildman–Crippen MR) is 57.6 cm³/mol. The molecule has 0 aromatic carbocycles. The molecular formula is C11H20N2O2. The van der Waals surface area contributed by atoms with Gasteiger partial charge >= 0.3 is 0 Å². The Kier molecular flexibility index (Phi) is 3.26. The van der Waals surface area contributed by atoms with Gasteiger partial charge < -0.3 is 15.4 Å². The van der Waals surface area contributed by atoms with Gasteiger partial charge in [-0.2, -0.15) is 0 Å². The molecule has 4 nitrogen and oxygen atoms in total. The zero-order chi connectivity index (χ0) is 10.7. The maximum atomic E-state index is 12.0. The number of amides is 1. The van der Waals surface area contributed by atoms with Crippen LogP contribution in [-0.4, -0.2) is 37.7 Å². The zero-order valence-corrected chi connectivity index (χ0v) is 9.34. The summed E-state index contributed by atoms with van der Waals surface area (Å²) in [6, 6.07) is 0. The molecule has 2 atom stereocenters. The van der Waals surface area contributed by atoms with Crippen LogP contribution in [0.2, 0.25) is 0 Å². The molecule has 1 amide bonds. The second kappa shape index (κ2) is 4.49. The van der Waals surface area contributed by atoms with Crippen molar-refractivity contribution >= 4 is 5.91 Å². The summed E-state index contributed by atoms with van der Waals surface area (Å²) in [5.41, 5.74) is -0.130. The average Bonchev–Trinajstić information content (AvgIpc) is 2.66. The summed E-state index contributed by atoms with van der Waals surface area (Å²) in [6.07, 6.45) is 3.04. The fourth-order valence-corrected chi connectivity index (χ4v) is 2.24. The number of rotatable bonds is 2. The Morgan fingerprint density at radius 3 is 3.07 bits per heavy atom. The maximum absolute atomic E-state index is 12.0. The van der Waals surface area contributed by atoms with Gasteiger partial charge in [0.15, 0.2) is 0 Å². The second-order valence-electron chi connectivity index (χ2n) is 4.90. The van der Waals surface area contributed by atoms with Crippen molar-refractivity contribution in [3.8, 4) is 0 Å². The highest BCUT2D eigenvalue weighted by Gasteiger charge is 2.33. The number of ether oxygens (including phenoxy) is 1. The summed E-state index contributed by atoms with van der Waals surface area (Å²) in [7, 11) is 0. The Balaban J connectivity index is 1.85. The van der Waals surface area contributed by atoms with Crippen LogP contribution < -0.4 is 10.6 Å². The average molecular weight is 212 g/mol. The van der Waals surface area contributed by atoms with E-state index in [1.54, 1.807) is 0 Å². The van der Waals surface area contributed by atoms with Crippen LogP contribution in [0, 0.1) is 5.92 Å². The van der Waals surface area contributed by atoms with Crippen molar-refractivity contribution in [2.75, 3.05) is 26.3 Å². The molecule has 0 spiro atoms. The molecule has 2 N–H and O–H groups in total. The van der Waals surface area contributed by atoms with Gasteiger partial charge in [-0.05, 0) is 32.7 Å².